The van der Waals surface area contributed by atoms with E-state index >= 15 is 0 Å². The summed E-state index contributed by atoms with van der Waals surface area (Å²) in [6.45, 7) is 0.134. The number of rotatable bonds is 7. The highest BCUT2D eigenvalue weighted by molar-refractivity contribution is 7.99. The van der Waals surface area contributed by atoms with Gasteiger partial charge >= 0.3 is 0 Å². The molecule has 0 saturated heterocycles. The van der Waals surface area contributed by atoms with E-state index in [1.54, 1.807) is 36.4 Å². The summed E-state index contributed by atoms with van der Waals surface area (Å²) in [5, 5.41) is 13.1. The van der Waals surface area contributed by atoms with Crippen molar-refractivity contribution < 1.29 is 14.0 Å². The first-order valence-electron chi connectivity index (χ1n) is 7.17. The number of hydrogen-bond donors (Lipinski definition) is 1. The number of benzene rings is 1. The van der Waals surface area contributed by atoms with E-state index in [9.17, 15) is 9.59 Å². The molecule has 3 aromatic rings. The first kappa shape index (κ1) is 17.7. The van der Waals surface area contributed by atoms with Gasteiger partial charge in [0.1, 0.15) is 0 Å². The number of carbonyl (C=O) groups is 2. The molecule has 0 atom stereocenters. The second kappa shape index (κ2) is 8.28. The Bertz CT molecular complexity index is 863. The second-order valence-corrected chi connectivity index (χ2v) is 7.15. The van der Waals surface area contributed by atoms with E-state index in [1.165, 1.54) is 11.3 Å². The first-order chi connectivity index (χ1) is 12.1. The number of halogens is 1. The molecular weight excluding hydrogens is 382 g/mol. The predicted octanol–water partition coefficient (Wildman–Crippen LogP) is 3.69. The third kappa shape index (κ3) is 4.91. The first-order valence-corrected chi connectivity index (χ1v) is 9.42. The van der Waals surface area contributed by atoms with Crippen molar-refractivity contribution in [2.45, 2.75) is 11.8 Å². The maximum absolute atomic E-state index is 12.1. The Kier molecular flexibility index (Phi) is 5.85. The van der Waals surface area contributed by atoms with Crippen LogP contribution in [-0.2, 0) is 6.54 Å². The number of hydrogen-bond acceptors (Lipinski definition) is 7. The van der Waals surface area contributed by atoms with Gasteiger partial charge in [-0.2, -0.15) is 0 Å². The molecule has 2 heterocycles. The Labute approximate surface area is 156 Å². The number of aromatic nitrogens is 2. The lowest BCUT2D eigenvalue weighted by atomic mass is 10.1. The fourth-order valence-corrected chi connectivity index (χ4v) is 3.31. The van der Waals surface area contributed by atoms with Crippen LogP contribution in [-0.4, -0.2) is 27.6 Å². The van der Waals surface area contributed by atoms with Crippen molar-refractivity contribution in [3.63, 3.8) is 0 Å². The quantitative estimate of drug-likeness (QED) is 0.486. The summed E-state index contributed by atoms with van der Waals surface area (Å²) in [5.41, 5.74) is 0.569. The lowest BCUT2D eigenvalue weighted by Gasteiger charge is -1.99. The normalized spacial score (nSPS) is 10.6. The van der Waals surface area contributed by atoms with Gasteiger partial charge in [-0.3, -0.25) is 9.59 Å². The highest BCUT2D eigenvalue weighted by Gasteiger charge is 2.13. The largest absolute Gasteiger partial charge is 0.414 e. The van der Waals surface area contributed by atoms with Crippen molar-refractivity contribution in [3.8, 4) is 0 Å². The van der Waals surface area contributed by atoms with Crippen LogP contribution >= 0.6 is 34.7 Å². The molecule has 0 aliphatic carbocycles. The van der Waals surface area contributed by atoms with Gasteiger partial charge in [0.15, 0.2) is 5.78 Å². The van der Waals surface area contributed by atoms with Crippen LogP contribution in [0.5, 0.6) is 0 Å². The van der Waals surface area contributed by atoms with Crippen LogP contribution in [0.25, 0.3) is 0 Å². The van der Waals surface area contributed by atoms with Gasteiger partial charge in [0, 0.05) is 10.6 Å². The predicted molar refractivity (Wildman–Crippen MR) is 96.3 cm³/mol. The maximum Gasteiger partial charge on any atom is 0.277 e. The SMILES string of the molecule is O=C(CSc1nnc(CNC(=O)c2cccs2)o1)c1ccc(Cl)cc1. The molecule has 9 heteroatoms. The summed E-state index contributed by atoms with van der Waals surface area (Å²) in [5.74, 6) is 0.198. The van der Waals surface area contributed by atoms with Gasteiger partial charge in [0.25, 0.3) is 11.1 Å². The van der Waals surface area contributed by atoms with Crippen LogP contribution < -0.4 is 5.32 Å². The molecule has 0 bridgehead atoms. The maximum atomic E-state index is 12.1. The van der Waals surface area contributed by atoms with Gasteiger partial charge in [0.05, 0.1) is 17.2 Å². The summed E-state index contributed by atoms with van der Waals surface area (Å²) in [4.78, 5) is 24.5. The molecule has 1 aromatic carbocycles. The number of nitrogens with zero attached hydrogens (tertiary/aromatic N) is 2. The van der Waals surface area contributed by atoms with Crippen LogP contribution in [0, 0.1) is 0 Å². The summed E-state index contributed by atoms with van der Waals surface area (Å²) >= 11 is 8.30. The smallest absolute Gasteiger partial charge is 0.277 e. The minimum atomic E-state index is -0.194. The van der Waals surface area contributed by atoms with Crippen LogP contribution in [0.4, 0.5) is 0 Å². The van der Waals surface area contributed by atoms with Crippen molar-refractivity contribution >= 4 is 46.4 Å². The second-order valence-electron chi connectivity index (χ2n) is 4.84. The van der Waals surface area contributed by atoms with Crippen LogP contribution in [0.1, 0.15) is 25.9 Å². The van der Waals surface area contributed by atoms with Gasteiger partial charge in [-0.1, -0.05) is 29.4 Å². The molecule has 0 fully saturated rings. The van der Waals surface area contributed by atoms with E-state index in [4.69, 9.17) is 16.0 Å². The van der Waals surface area contributed by atoms with Crippen molar-refractivity contribution in [3.05, 3.63) is 63.1 Å². The fourth-order valence-electron chi connectivity index (χ4n) is 1.87. The van der Waals surface area contributed by atoms with Gasteiger partial charge in [-0.05, 0) is 35.7 Å². The molecule has 1 N–H and O–H groups in total. The summed E-state index contributed by atoms with van der Waals surface area (Å²) in [6.07, 6.45) is 0. The van der Waals surface area contributed by atoms with Gasteiger partial charge in [0.2, 0.25) is 5.89 Å². The van der Waals surface area contributed by atoms with E-state index in [0.29, 0.717) is 15.5 Å². The topological polar surface area (TPSA) is 85.1 Å². The van der Waals surface area contributed by atoms with E-state index < -0.39 is 0 Å². The molecule has 128 valence electrons. The number of thiophene rings is 1. The summed E-state index contributed by atoms with van der Waals surface area (Å²) < 4.78 is 5.41. The summed E-state index contributed by atoms with van der Waals surface area (Å²) in [7, 11) is 0. The molecule has 25 heavy (non-hydrogen) atoms. The van der Waals surface area contributed by atoms with E-state index in [2.05, 4.69) is 15.5 Å². The molecule has 0 aliphatic rings. The molecule has 1 amide bonds. The Hall–Kier alpha value is -2.16. The van der Waals surface area contributed by atoms with Crippen molar-refractivity contribution in [2.75, 3.05) is 5.75 Å². The molecule has 0 unspecified atom stereocenters. The zero-order valence-corrected chi connectivity index (χ0v) is 15.2. The number of amides is 1. The number of thioether (sulfide) groups is 1. The zero-order chi connectivity index (χ0) is 17.6. The molecule has 3 rings (SSSR count). The minimum Gasteiger partial charge on any atom is -0.414 e. The van der Waals surface area contributed by atoms with Gasteiger partial charge in [-0.15, -0.1) is 21.5 Å². The standard InChI is InChI=1S/C16H12ClN3O3S2/c17-11-5-3-10(4-6-11)12(21)9-25-16-20-19-14(23-16)8-18-15(22)13-2-1-7-24-13/h1-7H,8-9H2,(H,18,22). The zero-order valence-electron chi connectivity index (χ0n) is 12.8. The molecular formula is C16H12ClN3O3S2. The summed E-state index contributed by atoms with van der Waals surface area (Å²) in [6, 6.07) is 10.2. The van der Waals surface area contributed by atoms with E-state index in [-0.39, 0.29) is 35.1 Å². The molecule has 6 nitrogen and oxygen atoms in total. The molecule has 2 aromatic heterocycles. The molecule has 0 saturated carbocycles. The Morgan fingerprint density at radius 1 is 1.20 bits per heavy atom. The lowest BCUT2D eigenvalue weighted by molar-refractivity contribution is 0.0950. The van der Waals surface area contributed by atoms with E-state index in [0.717, 1.165) is 11.8 Å². The monoisotopic (exact) mass is 393 g/mol. The van der Waals surface area contributed by atoms with Crippen LogP contribution in [0.15, 0.2) is 51.4 Å². The third-order valence-corrected chi connectivity index (χ3v) is 5.03. The molecule has 0 aliphatic heterocycles. The van der Waals surface area contributed by atoms with Crippen molar-refractivity contribution in [2.24, 2.45) is 0 Å². The highest BCUT2D eigenvalue weighted by atomic mass is 35.5. The number of nitrogens with one attached hydrogen (secondary N) is 1. The van der Waals surface area contributed by atoms with E-state index in [1.807, 2.05) is 5.38 Å². The van der Waals surface area contributed by atoms with Crippen molar-refractivity contribution in [1.29, 1.82) is 0 Å². The number of Topliss-reactive ketones (excluding diaryl/α,β-unsaturated/α-hetero) is 1. The van der Waals surface area contributed by atoms with Gasteiger partial charge in [-0.25, -0.2) is 0 Å². The third-order valence-electron chi connectivity index (χ3n) is 3.09. The highest BCUT2D eigenvalue weighted by Crippen LogP contribution is 2.19. The van der Waals surface area contributed by atoms with Crippen molar-refractivity contribution in [1.82, 2.24) is 15.5 Å². The molecule has 0 spiro atoms. The Morgan fingerprint density at radius 2 is 2.00 bits per heavy atom. The minimum absolute atomic E-state index is 0.0626. The Balaban J connectivity index is 1.49. The fraction of sp³-hybridized carbons (Fsp3) is 0.125. The average molecular weight is 394 g/mol. The van der Waals surface area contributed by atoms with Gasteiger partial charge < -0.3 is 9.73 Å². The van der Waals surface area contributed by atoms with Crippen LogP contribution in [0.3, 0.4) is 0 Å². The Morgan fingerprint density at radius 3 is 2.72 bits per heavy atom. The number of ketones is 1. The lowest BCUT2D eigenvalue weighted by Crippen LogP contribution is -2.21. The van der Waals surface area contributed by atoms with Crippen LogP contribution in [0.2, 0.25) is 5.02 Å². The average Bonchev–Trinajstić information content (AvgIpc) is 3.30. The molecule has 0 radical (unpaired) electrons. The number of carbonyl (C=O) groups excluding carboxylic acids is 2.